The van der Waals surface area contributed by atoms with Crippen LogP contribution in [0.4, 0.5) is 4.39 Å². The molecule has 0 bridgehead atoms. The van der Waals surface area contributed by atoms with Gasteiger partial charge in [-0.05, 0) is 6.07 Å². The Balaban J connectivity index is 2.18. The second-order valence-electron chi connectivity index (χ2n) is 2.97. The van der Waals surface area contributed by atoms with Crippen LogP contribution in [0.3, 0.4) is 0 Å². The largest absolute Gasteiger partial charge is 0.378 e. The van der Waals surface area contributed by atoms with E-state index in [1.54, 1.807) is 12.1 Å². The van der Waals surface area contributed by atoms with Crippen molar-refractivity contribution in [1.29, 1.82) is 0 Å². The number of rotatable bonds is 1. The Labute approximate surface area is 75.9 Å². The molecular formula is C9H11FN2O. The van der Waals surface area contributed by atoms with Crippen LogP contribution in [0.2, 0.25) is 0 Å². The van der Waals surface area contributed by atoms with E-state index < -0.39 is 5.95 Å². The molecule has 0 amide bonds. The van der Waals surface area contributed by atoms with Crippen molar-refractivity contribution in [3.05, 3.63) is 29.8 Å². The molecular weight excluding hydrogens is 171 g/mol. The first-order chi connectivity index (χ1) is 6.38. The first-order valence-electron chi connectivity index (χ1n) is 4.29. The van der Waals surface area contributed by atoms with Gasteiger partial charge < -0.3 is 10.1 Å². The van der Waals surface area contributed by atoms with E-state index in [9.17, 15) is 4.39 Å². The Hall–Kier alpha value is -1.00. The van der Waals surface area contributed by atoms with Gasteiger partial charge in [-0.1, -0.05) is 6.07 Å². The minimum absolute atomic E-state index is 0.0533. The zero-order valence-corrected chi connectivity index (χ0v) is 7.16. The lowest BCUT2D eigenvalue weighted by molar-refractivity contribution is 0.0755. The smallest absolute Gasteiger partial charge is 0.217 e. The van der Waals surface area contributed by atoms with Gasteiger partial charge >= 0.3 is 0 Å². The molecule has 2 heterocycles. The minimum Gasteiger partial charge on any atom is -0.378 e. The van der Waals surface area contributed by atoms with Gasteiger partial charge in [-0.2, -0.15) is 4.39 Å². The SMILES string of the molecule is Fc1ncccc1[C@H]1COCCN1. The molecule has 3 nitrogen and oxygen atoms in total. The van der Waals surface area contributed by atoms with Crippen molar-refractivity contribution in [2.75, 3.05) is 19.8 Å². The van der Waals surface area contributed by atoms with E-state index in [-0.39, 0.29) is 6.04 Å². The molecule has 1 aromatic heterocycles. The van der Waals surface area contributed by atoms with Gasteiger partial charge in [0, 0.05) is 18.3 Å². The van der Waals surface area contributed by atoms with Crippen LogP contribution in [0.1, 0.15) is 11.6 Å². The van der Waals surface area contributed by atoms with Crippen LogP contribution < -0.4 is 5.32 Å². The van der Waals surface area contributed by atoms with Gasteiger partial charge in [-0.3, -0.25) is 0 Å². The summed E-state index contributed by atoms with van der Waals surface area (Å²) in [6.07, 6.45) is 1.45. The monoisotopic (exact) mass is 182 g/mol. The highest BCUT2D eigenvalue weighted by Gasteiger charge is 2.18. The van der Waals surface area contributed by atoms with E-state index in [2.05, 4.69) is 10.3 Å². The van der Waals surface area contributed by atoms with E-state index in [1.807, 2.05) is 0 Å². The van der Waals surface area contributed by atoms with E-state index >= 15 is 0 Å². The van der Waals surface area contributed by atoms with E-state index in [4.69, 9.17) is 4.74 Å². The molecule has 13 heavy (non-hydrogen) atoms. The number of nitrogens with zero attached hydrogens (tertiary/aromatic N) is 1. The summed E-state index contributed by atoms with van der Waals surface area (Å²) in [5.41, 5.74) is 0.585. The summed E-state index contributed by atoms with van der Waals surface area (Å²) in [5.74, 6) is -0.412. The fourth-order valence-corrected chi connectivity index (χ4v) is 1.42. The maximum atomic E-state index is 13.2. The van der Waals surface area contributed by atoms with Gasteiger partial charge in [0.05, 0.1) is 19.3 Å². The molecule has 1 aliphatic heterocycles. The van der Waals surface area contributed by atoms with Crippen LogP contribution in [0.25, 0.3) is 0 Å². The Kier molecular flexibility index (Phi) is 2.52. The number of aromatic nitrogens is 1. The summed E-state index contributed by atoms with van der Waals surface area (Å²) < 4.78 is 18.4. The predicted molar refractivity (Wildman–Crippen MR) is 45.8 cm³/mol. The van der Waals surface area contributed by atoms with Gasteiger partial charge in [0.25, 0.3) is 0 Å². The Morgan fingerprint density at radius 3 is 3.23 bits per heavy atom. The molecule has 0 spiro atoms. The average Bonchev–Trinajstić information content (AvgIpc) is 2.20. The first-order valence-corrected chi connectivity index (χ1v) is 4.29. The molecule has 1 fully saturated rings. The zero-order valence-electron chi connectivity index (χ0n) is 7.16. The van der Waals surface area contributed by atoms with Crippen LogP contribution in [-0.2, 0) is 4.74 Å². The molecule has 4 heteroatoms. The molecule has 70 valence electrons. The maximum absolute atomic E-state index is 13.2. The lowest BCUT2D eigenvalue weighted by Gasteiger charge is -2.23. The molecule has 1 N–H and O–H groups in total. The second kappa shape index (κ2) is 3.81. The van der Waals surface area contributed by atoms with Crippen LogP contribution in [0.5, 0.6) is 0 Å². The Morgan fingerprint density at radius 2 is 2.54 bits per heavy atom. The Morgan fingerprint density at radius 1 is 1.62 bits per heavy atom. The minimum atomic E-state index is -0.412. The van der Waals surface area contributed by atoms with Crippen molar-refractivity contribution in [3.63, 3.8) is 0 Å². The average molecular weight is 182 g/mol. The standard InChI is InChI=1S/C9H11FN2O/c10-9-7(2-1-3-12-9)8-6-13-5-4-11-8/h1-3,8,11H,4-6H2/t8-/m1/s1. The molecule has 0 radical (unpaired) electrons. The van der Waals surface area contributed by atoms with Crippen molar-refractivity contribution in [3.8, 4) is 0 Å². The zero-order chi connectivity index (χ0) is 9.10. The van der Waals surface area contributed by atoms with Gasteiger partial charge in [-0.25, -0.2) is 4.98 Å². The molecule has 1 aromatic rings. The summed E-state index contributed by atoms with van der Waals surface area (Å²) >= 11 is 0. The lowest BCUT2D eigenvalue weighted by atomic mass is 10.1. The topological polar surface area (TPSA) is 34.1 Å². The summed E-state index contributed by atoms with van der Waals surface area (Å²) in [7, 11) is 0. The normalized spacial score (nSPS) is 23.0. The fraction of sp³-hybridized carbons (Fsp3) is 0.444. The number of nitrogens with one attached hydrogen (secondary N) is 1. The molecule has 1 atom stereocenters. The number of hydrogen-bond donors (Lipinski definition) is 1. The molecule has 0 aromatic carbocycles. The van der Waals surface area contributed by atoms with Crippen molar-refractivity contribution in [2.45, 2.75) is 6.04 Å². The molecule has 1 aliphatic rings. The van der Waals surface area contributed by atoms with E-state index in [1.165, 1.54) is 6.20 Å². The molecule has 2 rings (SSSR count). The van der Waals surface area contributed by atoms with Crippen LogP contribution in [0.15, 0.2) is 18.3 Å². The molecule has 1 saturated heterocycles. The quantitative estimate of drug-likeness (QED) is 0.655. The van der Waals surface area contributed by atoms with Crippen LogP contribution >= 0.6 is 0 Å². The predicted octanol–water partition coefficient (Wildman–Crippen LogP) is 0.882. The van der Waals surface area contributed by atoms with Gasteiger partial charge in [0.2, 0.25) is 5.95 Å². The summed E-state index contributed by atoms with van der Waals surface area (Å²) in [5, 5.41) is 3.17. The van der Waals surface area contributed by atoms with E-state index in [0.717, 1.165) is 6.54 Å². The van der Waals surface area contributed by atoms with Crippen LogP contribution in [-0.4, -0.2) is 24.7 Å². The number of ether oxygens (including phenoxy) is 1. The third-order valence-corrected chi connectivity index (χ3v) is 2.09. The van der Waals surface area contributed by atoms with Gasteiger partial charge in [0.1, 0.15) is 0 Å². The number of halogens is 1. The molecule has 0 saturated carbocycles. The van der Waals surface area contributed by atoms with Crippen molar-refractivity contribution < 1.29 is 9.13 Å². The first kappa shape index (κ1) is 8.59. The van der Waals surface area contributed by atoms with Crippen LogP contribution in [0, 0.1) is 5.95 Å². The van der Waals surface area contributed by atoms with Gasteiger partial charge in [-0.15, -0.1) is 0 Å². The van der Waals surface area contributed by atoms with Crippen molar-refractivity contribution in [1.82, 2.24) is 10.3 Å². The van der Waals surface area contributed by atoms with E-state index in [0.29, 0.717) is 18.8 Å². The Bertz CT molecular complexity index is 287. The fourth-order valence-electron chi connectivity index (χ4n) is 1.42. The summed E-state index contributed by atoms with van der Waals surface area (Å²) in [6.45, 7) is 1.97. The lowest BCUT2D eigenvalue weighted by Crippen LogP contribution is -2.35. The molecule has 0 aliphatic carbocycles. The third-order valence-electron chi connectivity index (χ3n) is 2.09. The highest BCUT2D eigenvalue weighted by Crippen LogP contribution is 2.16. The number of hydrogen-bond acceptors (Lipinski definition) is 3. The van der Waals surface area contributed by atoms with Gasteiger partial charge in [0.15, 0.2) is 0 Å². The van der Waals surface area contributed by atoms with Crippen molar-refractivity contribution >= 4 is 0 Å². The highest BCUT2D eigenvalue weighted by molar-refractivity contribution is 5.16. The maximum Gasteiger partial charge on any atom is 0.217 e. The summed E-state index contributed by atoms with van der Waals surface area (Å²) in [6, 6.07) is 3.41. The number of morpholine rings is 1. The second-order valence-corrected chi connectivity index (χ2v) is 2.97. The number of pyridine rings is 1. The van der Waals surface area contributed by atoms with Crippen molar-refractivity contribution in [2.24, 2.45) is 0 Å². The third kappa shape index (κ3) is 1.84. The molecule has 0 unspecified atom stereocenters. The summed E-state index contributed by atoms with van der Waals surface area (Å²) in [4.78, 5) is 3.59. The highest BCUT2D eigenvalue weighted by atomic mass is 19.1.